The summed E-state index contributed by atoms with van der Waals surface area (Å²) in [6.45, 7) is 6.12. The molecule has 1 atom stereocenters. The van der Waals surface area contributed by atoms with Crippen molar-refractivity contribution in [1.82, 2.24) is 10.1 Å². The molecular weight excluding hydrogens is 282 g/mol. The van der Waals surface area contributed by atoms with Crippen LogP contribution in [-0.4, -0.2) is 10.1 Å². The van der Waals surface area contributed by atoms with Crippen molar-refractivity contribution in [3.63, 3.8) is 0 Å². The number of nitrogens with zero attached hydrogens (tertiary/aromatic N) is 2. The third-order valence-corrected chi connectivity index (χ3v) is 4.55. The number of para-hydroxylation sites is 1. The zero-order valence-corrected chi connectivity index (χ0v) is 13.1. The molecule has 0 radical (unpaired) electrons. The van der Waals surface area contributed by atoms with E-state index in [1.54, 1.807) is 11.3 Å². The fraction of sp³-hybridized carbons (Fsp3) is 0.250. The van der Waals surface area contributed by atoms with E-state index in [0.717, 1.165) is 11.3 Å². The Labute approximate surface area is 127 Å². The molecule has 0 saturated heterocycles. The summed E-state index contributed by atoms with van der Waals surface area (Å²) in [6, 6.07) is 10.4. The van der Waals surface area contributed by atoms with E-state index in [1.165, 1.54) is 10.4 Å². The summed E-state index contributed by atoms with van der Waals surface area (Å²) in [7, 11) is 0. The average Bonchev–Trinajstić information content (AvgIpc) is 3.08. The molecule has 2 aromatic heterocycles. The third kappa shape index (κ3) is 2.83. The Hall–Kier alpha value is -2.14. The standard InChI is InChI=1S/C16H17N3OS/c1-10-8-9-21-15(10)11(2)17-14-7-5-4-6-13(14)16-18-12(3)19-20-16/h4-9,11,17H,1-3H3. The maximum absolute atomic E-state index is 5.29. The normalized spacial score (nSPS) is 12.3. The van der Waals surface area contributed by atoms with Gasteiger partial charge in [-0.05, 0) is 49.9 Å². The number of aryl methyl sites for hydroxylation is 2. The van der Waals surface area contributed by atoms with Gasteiger partial charge in [-0.3, -0.25) is 0 Å². The lowest BCUT2D eigenvalue weighted by Gasteiger charge is -2.16. The van der Waals surface area contributed by atoms with Crippen LogP contribution in [0.25, 0.3) is 11.5 Å². The molecule has 2 heterocycles. The zero-order valence-electron chi connectivity index (χ0n) is 12.3. The van der Waals surface area contributed by atoms with Crippen molar-refractivity contribution in [3.05, 3.63) is 52.0 Å². The van der Waals surface area contributed by atoms with Gasteiger partial charge in [0, 0.05) is 10.6 Å². The number of hydrogen-bond acceptors (Lipinski definition) is 5. The molecule has 0 aliphatic carbocycles. The fourth-order valence-electron chi connectivity index (χ4n) is 2.33. The zero-order chi connectivity index (χ0) is 14.8. The quantitative estimate of drug-likeness (QED) is 0.765. The molecule has 0 aliphatic heterocycles. The molecule has 0 bridgehead atoms. The van der Waals surface area contributed by atoms with Crippen LogP contribution in [0.2, 0.25) is 0 Å². The van der Waals surface area contributed by atoms with Crippen LogP contribution in [0.1, 0.15) is 29.2 Å². The molecule has 4 nitrogen and oxygen atoms in total. The van der Waals surface area contributed by atoms with E-state index >= 15 is 0 Å². The largest absolute Gasteiger partial charge is 0.377 e. The molecule has 0 saturated carbocycles. The van der Waals surface area contributed by atoms with Crippen molar-refractivity contribution in [3.8, 4) is 11.5 Å². The van der Waals surface area contributed by atoms with Crippen molar-refractivity contribution in [2.45, 2.75) is 26.8 Å². The molecule has 1 N–H and O–H groups in total. The molecule has 108 valence electrons. The average molecular weight is 299 g/mol. The van der Waals surface area contributed by atoms with E-state index < -0.39 is 0 Å². The Kier molecular flexibility index (Phi) is 3.75. The van der Waals surface area contributed by atoms with E-state index in [2.05, 4.69) is 40.8 Å². The van der Waals surface area contributed by atoms with Crippen LogP contribution in [0, 0.1) is 13.8 Å². The maximum Gasteiger partial charge on any atom is 0.260 e. The summed E-state index contributed by atoms with van der Waals surface area (Å²) in [6.07, 6.45) is 0. The Morgan fingerprint density at radius 1 is 1.19 bits per heavy atom. The van der Waals surface area contributed by atoms with Gasteiger partial charge in [-0.15, -0.1) is 11.3 Å². The van der Waals surface area contributed by atoms with Crippen LogP contribution in [0.4, 0.5) is 5.69 Å². The highest BCUT2D eigenvalue weighted by molar-refractivity contribution is 7.10. The Bertz CT molecular complexity index is 747. The van der Waals surface area contributed by atoms with Crippen molar-refractivity contribution in [2.24, 2.45) is 0 Å². The Morgan fingerprint density at radius 2 is 2.00 bits per heavy atom. The number of benzene rings is 1. The van der Waals surface area contributed by atoms with Gasteiger partial charge in [0.1, 0.15) is 0 Å². The second kappa shape index (κ2) is 5.69. The van der Waals surface area contributed by atoms with Gasteiger partial charge in [-0.1, -0.05) is 17.3 Å². The Morgan fingerprint density at radius 3 is 2.67 bits per heavy atom. The molecule has 1 unspecified atom stereocenters. The first kappa shape index (κ1) is 13.8. The van der Waals surface area contributed by atoms with Crippen molar-refractivity contribution in [1.29, 1.82) is 0 Å². The SMILES string of the molecule is Cc1noc(-c2ccccc2NC(C)c2sccc2C)n1. The van der Waals surface area contributed by atoms with Gasteiger partial charge in [0.25, 0.3) is 5.89 Å². The van der Waals surface area contributed by atoms with Crippen LogP contribution < -0.4 is 5.32 Å². The number of anilines is 1. The number of thiophene rings is 1. The van der Waals surface area contributed by atoms with Gasteiger partial charge in [0.15, 0.2) is 5.82 Å². The minimum atomic E-state index is 0.232. The number of nitrogens with one attached hydrogen (secondary N) is 1. The first-order valence-electron chi connectivity index (χ1n) is 6.85. The van der Waals surface area contributed by atoms with Crippen LogP contribution in [0.5, 0.6) is 0 Å². The van der Waals surface area contributed by atoms with Gasteiger partial charge in [0.05, 0.1) is 11.6 Å². The Balaban J connectivity index is 1.91. The summed E-state index contributed by atoms with van der Waals surface area (Å²) < 4.78 is 5.29. The summed E-state index contributed by atoms with van der Waals surface area (Å²) in [5.41, 5.74) is 3.24. The van der Waals surface area contributed by atoms with Crippen molar-refractivity contribution < 1.29 is 4.52 Å². The lowest BCUT2D eigenvalue weighted by molar-refractivity contribution is 0.425. The molecule has 0 fully saturated rings. The lowest BCUT2D eigenvalue weighted by atomic mass is 10.1. The molecular formula is C16H17N3OS. The fourth-order valence-corrected chi connectivity index (χ4v) is 3.26. The van der Waals surface area contributed by atoms with Gasteiger partial charge >= 0.3 is 0 Å². The maximum atomic E-state index is 5.29. The second-order valence-corrected chi connectivity index (χ2v) is 5.97. The third-order valence-electron chi connectivity index (χ3n) is 3.35. The van der Waals surface area contributed by atoms with E-state index in [0.29, 0.717) is 11.7 Å². The summed E-state index contributed by atoms with van der Waals surface area (Å²) in [5, 5.41) is 9.53. The van der Waals surface area contributed by atoms with Crippen LogP contribution in [0.3, 0.4) is 0 Å². The predicted molar refractivity (Wildman–Crippen MR) is 85.6 cm³/mol. The van der Waals surface area contributed by atoms with E-state index in [-0.39, 0.29) is 6.04 Å². The summed E-state index contributed by atoms with van der Waals surface area (Å²) >= 11 is 1.77. The molecule has 0 spiro atoms. The molecule has 3 rings (SSSR count). The monoisotopic (exact) mass is 299 g/mol. The van der Waals surface area contributed by atoms with E-state index in [1.807, 2.05) is 31.2 Å². The van der Waals surface area contributed by atoms with E-state index in [9.17, 15) is 0 Å². The predicted octanol–water partition coefficient (Wildman–Crippen LogP) is 4.59. The second-order valence-electron chi connectivity index (χ2n) is 5.03. The summed E-state index contributed by atoms with van der Waals surface area (Å²) in [5.74, 6) is 1.19. The van der Waals surface area contributed by atoms with Crippen molar-refractivity contribution in [2.75, 3.05) is 5.32 Å². The van der Waals surface area contributed by atoms with Gasteiger partial charge in [-0.25, -0.2) is 0 Å². The van der Waals surface area contributed by atoms with Crippen LogP contribution in [0.15, 0.2) is 40.2 Å². The van der Waals surface area contributed by atoms with Crippen molar-refractivity contribution >= 4 is 17.0 Å². The number of rotatable bonds is 4. The first-order valence-corrected chi connectivity index (χ1v) is 7.73. The number of hydrogen-bond donors (Lipinski definition) is 1. The number of aromatic nitrogens is 2. The first-order chi connectivity index (χ1) is 10.1. The van der Waals surface area contributed by atoms with Crippen LogP contribution >= 0.6 is 11.3 Å². The molecule has 3 aromatic rings. The highest BCUT2D eigenvalue weighted by Crippen LogP contribution is 2.31. The molecule has 21 heavy (non-hydrogen) atoms. The molecule has 1 aromatic carbocycles. The lowest BCUT2D eigenvalue weighted by Crippen LogP contribution is -2.07. The minimum Gasteiger partial charge on any atom is -0.377 e. The van der Waals surface area contributed by atoms with Gasteiger partial charge < -0.3 is 9.84 Å². The molecule has 0 amide bonds. The van der Waals surface area contributed by atoms with Crippen LogP contribution in [-0.2, 0) is 0 Å². The van der Waals surface area contributed by atoms with Gasteiger partial charge in [-0.2, -0.15) is 4.98 Å². The van der Waals surface area contributed by atoms with Gasteiger partial charge in [0.2, 0.25) is 0 Å². The smallest absolute Gasteiger partial charge is 0.260 e. The summed E-state index contributed by atoms with van der Waals surface area (Å²) in [4.78, 5) is 5.65. The topological polar surface area (TPSA) is 51.0 Å². The molecule has 5 heteroatoms. The highest BCUT2D eigenvalue weighted by atomic mass is 32.1. The van der Waals surface area contributed by atoms with E-state index in [4.69, 9.17) is 4.52 Å². The minimum absolute atomic E-state index is 0.232. The molecule has 0 aliphatic rings. The highest BCUT2D eigenvalue weighted by Gasteiger charge is 2.15.